The molecule has 0 saturated heterocycles. The first-order chi connectivity index (χ1) is 16.7. The first kappa shape index (κ1) is 24.2. The number of carbonyl (C=O) groups is 1. The van der Waals surface area contributed by atoms with Crippen molar-refractivity contribution >= 4 is 37.1 Å². The molecule has 1 heterocycles. The smallest absolute Gasteiger partial charge is 0.291 e. The number of hydrogen-bond donors (Lipinski definition) is 1. The Morgan fingerprint density at radius 3 is 1.97 bits per heavy atom. The standard InChI is InChI=1S/C25H22N2O6S2/c1-2-27(20-9-5-3-6-10-20)35(31,32)22-15-13-19(14-16-22)26-25(28)23-17-18-24(33-23)34(29,30)21-11-7-4-8-12-21/h3-18H,2H2,1H3,(H,26,28). The summed E-state index contributed by atoms with van der Waals surface area (Å²) in [5.41, 5.74) is 0.868. The molecule has 0 saturated carbocycles. The molecule has 0 spiro atoms. The quantitative estimate of drug-likeness (QED) is 0.371. The van der Waals surface area contributed by atoms with Gasteiger partial charge in [0.1, 0.15) is 0 Å². The molecular weight excluding hydrogens is 488 g/mol. The number of anilines is 2. The van der Waals surface area contributed by atoms with Crippen LogP contribution in [0.4, 0.5) is 11.4 Å². The topological polar surface area (TPSA) is 114 Å². The van der Waals surface area contributed by atoms with Crippen LogP contribution in [0.15, 0.2) is 116 Å². The highest BCUT2D eigenvalue weighted by Gasteiger charge is 2.25. The molecule has 10 heteroatoms. The second kappa shape index (κ2) is 9.77. The molecule has 0 bridgehead atoms. The van der Waals surface area contributed by atoms with Gasteiger partial charge < -0.3 is 9.73 Å². The van der Waals surface area contributed by atoms with Crippen LogP contribution in [0.5, 0.6) is 0 Å². The summed E-state index contributed by atoms with van der Waals surface area (Å²) < 4.78 is 58.1. The lowest BCUT2D eigenvalue weighted by Crippen LogP contribution is -2.30. The van der Waals surface area contributed by atoms with Gasteiger partial charge in [-0.25, -0.2) is 16.8 Å². The van der Waals surface area contributed by atoms with Crippen LogP contribution in [0, 0.1) is 0 Å². The van der Waals surface area contributed by atoms with Crippen molar-refractivity contribution in [1.29, 1.82) is 0 Å². The van der Waals surface area contributed by atoms with Crippen molar-refractivity contribution in [3.05, 3.63) is 103 Å². The molecule has 0 unspecified atom stereocenters. The number of sulfonamides is 1. The van der Waals surface area contributed by atoms with E-state index in [1.807, 2.05) is 0 Å². The summed E-state index contributed by atoms with van der Waals surface area (Å²) in [6, 6.07) is 24.7. The molecule has 4 rings (SSSR count). The van der Waals surface area contributed by atoms with Crippen molar-refractivity contribution in [3.63, 3.8) is 0 Å². The van der Waals surface area contributed by atoms with E-state index in [-0.39, 0.29) is 27.2 Å². The third-order valence-electron chi connectivity index (χ3n) is 5.16. The largest absolute Gasteiger partial charge is 0.439 e. The highest BCUT2D eigenvalue weighted by Crippen LogP contribution is 2.26. The third kappa shape index (κ3) is 4.98. The predicted octanol–water partition coefficient (Wildman–Crippen LogP) is 4.58. The van der Waals surface area contributed by atoms with Crippen LogP contribution >= 0.6 is 0 Å². The minimum absolute atomic E-state index is 0.0507. The van der Waals surface area contributed by atoms with Gasteiger partial charge in [0.15, 0.2) is 5.76 Å². The van der Waals surface area contributed by atoms with Crippen LogP contribution in [-0.4, -0.2) is 29.3 Å². The number of para-hydroxylation sites is 1. The fourth-order valence-corrected chi connectivity index (χ4v) is 6.09. The summed E-state index contributed by atoms with van der Waals surface area (Å²) >= 11 is 0. The molecule has 35 heavy (non-hydrogen) atoms. The molecular formula is C25H22N2O6S2. The summed E-state index contributed by atoms with van der Waals surface area (Å²) in [4.78, 5) is 12.7. The molecule has 180 valence electrons. The Balaban J connectivity index is 1.50. The lowest BCUT2D eigenvalue weighted by molar-refractivity contribution is 0.0991. The second-order valence-corrected chi connectivity index (χ2v) is 11.2. The Labute approximate surface area is 203 Å². The van der Waals surface area contributed by atoms with Crippen LogP contribution in [0.2, 0.25) is 0 Å². The van der Waals surface area contributed by atoms with Gasteiger partial charge in [-0.2, -0.15) is 0 Å². The van der Waals surface area contributed by atoms with Crippen LogP contribution in [0.3, 0.4) is 0 Å². The van der Waals surface area contributed by atoms with Gasteiger partial charge in [0.2, 0.25) is 14.9 Å². The number of hydrogen-bond acceptors (Lipinski definition) is 6. The Kier molecular flexibility index (Phi) is 6.77. The minimum Gasteiger partial charge on any atom is -0.439 e. The van der Waals surface area contributed by atoms with E-state index in [2.05, 4.69) is 5.32 Å². The van der Waals surface area contributed by atoms with E-state index in [0.717, 1.165) is 0 Å². The number of nitrogens with zero attached hydrogens (tertiary/aromatic N) is 1. The van der Waals surface area contributed by atoms with E-state index in [0.29, 0.717) is 11.4 Å². The van der Waals surface area contributed by atoms with Gasteiger partial charge in [-0.1, -0.05) is 36.4 Å². The van der Waals surface area contributed by atoms with Crippen molar-refractivity contribution in [2.45, 2.75) is 21.8 Å². The zero-order chi connectivity index (χ0) is 25.1. The Hall–Kier alpha value is -3.89. The molecule has 0 radical (unpaired) electrons. The molecule has 0 aliphatic carbocycles. The van der Waals surface area contributed by atoms with Crippen LogP contribution in [-0.2, 0) is 19.9 Å². The Morgan fingerprint density at radius 2 is 1.37 bits per heavy atom. The van der Waals surface area contributed by atoms with E-state index < -0.39 is 25.8 Å². The molecule has 0 atom stereocenters. The lowest BCUT2D eigenvalue weighted by atomic mass is 10.3. The number of rotatable bonds is 8. The average Bonchev–Trinajstić information content (AvgIpc) is 3.38. The number of carbonyl (C=O) groups excluding carboxylic acids is 1. The first-order valence-electron chi connectivity index (χ1n) is 10.6. The second-order valence-electron chi connectivity index (χ2n) is 7.42. The summed E-state index contributed by atoms with van der Waals surface area (Å²) in [6.07, 6.45) is 0. The number of nitrogens with one attached hydrogen (secondary N) is 1. The summed E-state index contributed by atoms with van der Waals surface area (Å²) in [7, 11) is -7.70. The normalized spacial score (nSPS) is 11.7. The van der Waals surface area contributed by atoms with E-state index in [1.54, 1.807) is 55.5 Å². The van der Waals surface area contributed by atoms with Gasteiger partial charge in [0.25, 0.3) is 15.9 Å². The van der Waals surface area contributed by atoms with Gasteiger partial charge >= 0.3 is 0 Å². The molecule has 0 fully saturated rings. The maximum Gasteiger partial charge on any atom is 0.291 e. The maximum atomic E-state index is 13.1. The van der Waals surface area contributed by atoms with E-state index in [1.165, 1.54) is 52.8 Å². The average molecular weight is 511 g/mol. The van der Waals surface area contributed by atoms with E-state index in [9.17, 15) is 21.6 Å². The number of amides is 1. The van der Waals surface area contributed by atoms with Crippen molar-refractivity contribution in [2.75, 3.05) is 16.2 Å². The maximum absolute atomic E-state index is 13.1. The van der Waals surface area contributed by atoms with E-state index >= 15 is 0 Å². The lowest BCUT2D eigenvalue weighted by Gasteiger charge is -2.23. The fourth-order valence-electron chi connectivity index (χ4n) is 3.42. The zero-order valence-electron chi connectivity index (χ0n) is 18.7. The van der Waals surface area contributed by atoms with Crippen molar-refractivity contribution in [3.8, 4) is 0 Å². The van der Waals surface area contributed by atoms with Crippen molar-refractivity contribution in [2.24, 2.45) is 0 Å². The molecule has 3 aromatic carbocycles. The molecule has 1 N–H and O–H groups in total. The Morgan fingerprint density at radius 1 is 0.771 bits per heavy atom. The summed E-state index contributed by atoms with van der Waals surface area (Å²) in [5, 5.41) is 2.23. The zero-order valence-corrected chi connectivity index (χ0v) is 20.3. The summed E-state index contributed by atoms with van der Waals surface area (Å²) in [5.74, 6) is -0.868. The molecule has 0 aliphatic rings. The SMILES string of the molecule is CCN(c1ccccc1)S(=O)(=O)c1ccc(NC(=O)c2ccc(S(=O)(=O)c3ccccc3)o2)cc1. The van der Waals surface area contributed by atoms with Gasteiger partial charge in [0, 0.05) is 12.2 Å². The van der Waals surface area contributed by atoms with Gasteiger partial charge in [0.05, 0.1) is 15.5 Å². The number of sulfone groups is 1. The summed E-state index contributed by atoms with van der Waals surface area (Å²) in [6.45, 7) is 1.99. The minimum atomic E-state index is -3.90. The number of furan rings is 1. The molecule has 1 aromatic heterocycles. The Bertz CT molecular complexity index is 1530. The molecule has 1 amide bonds. The van der Waals surface area contributed by atoms with Crippen molar-refractivity contribution in [1.82, 2.24) is 0 Å². The predicted molar refractivity (Wildman–Crippen MR) is 132 cm³/mol. The third-order valence-corrected chi connectivity index (χ3v) is 8.71. The van der Waals surface area contributed by atoms with Gasteiger partial charge in [-0.15, -0.1) is 0 Å². The number of benzene rings is 3. The highest BCUT2D eigenvalue weighted by molar-refractivity contribution is 7.92. The van der Waals surface area contributed by atoms with Crippen LogP contribution in [0.1, 0.15) is 17.5 Å². The van der Waals surface area contributed by atoms with Crippen LogP contribution < -0.4 is 9.62 Å². The molecule has 8 nitrogen and oxygen atoms in total. The highest BCUT2D eigenvalue weighted by atomic mass is 32.2. The first-order valence-corrected chi connectivity index (χ1v) is 13.5. The van der Waals surface area contributed by atoms with Gasteiger partial charge in [-0.05, 0) is 67.6 Å². The monoisotopic (exact) mass is 510 g/mol. The molecule has 0 aliphatic heterocycles. The van der Waals surface area contributed by atoms with E-state index in [4.69, 9.17) is 4.42 Å². The fraction of sp³-hybridized carbons (Fsp3) is 0.0800. The van der Waals surface area contributed by atoms with Crippen LogP contribution in [0.25, 0.3) is 0 Å². The van der Waals surface area contributed by atoms with Gasteiger partial charge in [-0.3, -0.25) is 9.10 Å². The molecule has 4 aromatic rings. The van der Waals surface area contributed by atoms with Crippen molar-refractivity contribution < 1.29 is 26.0 Å².